The van der Waals surface area contributed by atoms with E-state index in [1.54, 1.807) is 6.92 Å². The Morgan fingerprint density at radius 2 is 2.18 bits per heavy atom. The second-order valence-electron chi connectivity index (χ2n) is 4.08. The van der Waals surface area contributed by atoms with E-state index >= 15 is 0 Å². The topological polar surface area (TPSA) is 54.4 Å². The highest BCUT2D eigenvalue weighted by atomic mass is 35.5. The van der Waals surface area contributed by atoms with E-state index in [0.29, 0.717) is 10.8 Å². The molecular weight excluding hydrogens is 260 g/mol. The highest BCUT2D eigenvalue weighted by molar-refractivity contribution is 7.84. The molecule has 0 amide bonds. The van der Waals surface area contributed by atoms with Crippen molar-refractivity contribution in [3.05, 3.63) is 34.3 Å². The van der Waals surface area contributed by atoms with Gasteiger partial charge >= 0.3 is 5.97 Å². The van der Waals surface area contributed by atoms with Crippen molar-refractivity contribution in [3.63, 3.8) is 0 Å². The Kier molecular flexibility index (Phi) is 5.15. The number of carbonyl (C=O) groups is 1. The zero-order valence-corrected chi connectivity index (χ0v) is 11.3. The van der Waals surface area contributed by atoms with Crippen molar-refractivity contribution >= 4 is 28.4 Å². The number of hydrogen-bond donors (Lipinski definition) is 1. The SMILES string of the molecule is Cc1ccc(CS(=O)CC(C)C(=O)O)c(Cl)c1. The van der Waals surface area contributed by atoms with Gasteiger partial charge in [-0.2, -0.15) is 0 Å². The number of benzene rings is 1. The number of rotatable bonds is 5. The molecule has 0 aliphatic heterocycles. The van der Waals surface area contributed by atoms with Crippen molar-refractivity contribution in [1.82, 2.24) is 0 Å². The molecule has 1 N–H and O–H groups in total. The molecule has 94 valence electrons. The van der Waals surface area contributed by atoms with E-state index in [2.05, 4.69) is 0 Å². The third-order valence-electron chi connectivity index (χ3n) is 2.38. The van der Waals surface area contributed by atoms with Gasteiger partial charge in [0.2, 0.25) is 0 Å². The Morgan fingerprint density at radius 1 is 1.53 bits per heavy atom. The van der Waals surface area contributed by atoms with Crippen molar-refractivity contribution < 1.29 is 14.1 Å². The molecule has 0 aromatic heterocycles. The molecule has 0 spiro atoms. The average molecular weight is 275 g/mol. The van der Waals surface area contributed by atoms with Gasteiger partial charge in [-0.3, -0.25) is 9.00 Å². The molecule has 2 atom stereocenters. The molecule has 0 aliphatic carbocycles. The highest BCUT2D eigenvalue weighted by Crippen LogP contribution is 2.19. The van der Waals surface area contributed by atoms with Crippen LogP contribution < -0.4 is 0 Å². The zero-order valence-electron chi connectivity index (χ0n) is 9.77. The van der Waals surface area contributed by atoms with E-state index in [1.165, 1.54) is 0 Å². The third-order valence-corrected chi connectivity index (χ3v) is 4.24. The molecule has 1 aromatic carbocycles. The standard InChI is InChI=1S/C12H15ClO3S/c1-8-3-4-10(11(13)5-8)7-17(16)6-9(2)12(14)15/h3-5,9H,6-7H2,1-2H3,(H,14,15). The number of aliphatic carboxylic acids is 1. The Bertz CT molecular complexity index is 445. The lowest BCUT2D eigenvalue weighted by Crippen LogP contribution is -2.18. The smallest absolute Gasteiger partial charge is 0.307 e. The van der Waals surface area contributed by atoms with E-state index in [9.17, 15) is 9.00 Å². The Morgan fingerprint density at radius 3 is 2.71 bits per heavy atom. The summed E-state index contributed by atoms with van der Waals surface area (Å²) in [6.07, 6.45) is 0. The molecule has 3 nitrogen and oxygen atoms in total. The fourth-order valence-corrected chi connectivity index (χ4v) is 3.15. The Labute approximate surface area is 108 Å². The molecule has 1 rings (SSSR count). The predicted octanol–water partition coefficient (Wildman–Crippen LogP) is 2.62. The number of carboxylic acid groups (broad SMARTS) is 1. The van der Waals surface area contributed by atoms with Crippen LogP contribution in [0.3, 0.4) is 0 Å². The molecular formula is C12H15ClO3S. The lowest BCUT2D eigenvalue weighted by molar-refractivity contribution is -0.140. The summed E-state index contributed by atoms with van der Waals surface area (Å²) in [6.45, 7) is 3.48. The van der Waals surface area contributed by atoms with Crippen molar-refractivity contribution in [1.29, 1.82) is 0 Å². The van der Waals surface area contributed by atoms with E-state index in [-0.39, 0.29) is 5.75 Å². The van der Waals surface area contributed by atoms with Crippen LogP contribution in [0.15, 0.2) is 18.2 Å². The van der Waals surface area contributed by atoms with Gasteiger partial charge in [-0.25, -0.2) is 0 Å². The molecule has 0 heterocycles. The summed E-state index contributed by atoms with van der Waals surface area (Å²) in [4.78, 5) is 10.6. The van der Waals surface area contributed by atoms with Gasteiger partial charge in [-0.05, 0) is 24.1 Å². The fraction of sp³-hybridized carbons (Fsp3) is 0.417. The first-order valence-electron chi connectivity index (χ1n) is 5.23. The molecule has 0 saturated heterocycles. The largest absolute Gasteiger partial charge is 0.481 e. The van der Waals surface area contributed by atoms with Crippen LogP contribution in [-0.4, -0.2) is 21.0 Å². The molecule has 5 heteroatoms. The summed E-state index contributed by atoms with van der Waals surface area (Å²) in [5, 5.41) is 9.31. The average Bonchev–Trinajstić information content (AvgIpc) is 2.22. The number of aryl methyl sites for hydroxylation is 1. The quantitative estimate of drug-likeness (QED) is 0.898. The van der Waals surface area contributed by atoms with Crippen LogP contribution in [0.25, 0.3) is 0 Å². The normalized spacial score (nSPS) is 14.3. The van der Waals surface area contributed by atoms with E-state index in [4.69, 9.17) is 16.7 Å². The van der Waals surface area contributed by atoms with Crippen LogP contribution in [0.5, 0.6) is 0 Å². The van der Waals surface area contributed by atoms with Gasteiger partial charge in [0.15, 0.2) is 0 Å². The maximum absolute atomic E-state index is 11.8. The number of carboxylic acids is 1. The van der Waals surface area contributed by atoms with Gasteiger partial charge in [0.1, 0.15) is 0 Å². The molecule has 0 aliphatic rings. The minimum atomic E-state index is -1.20. The van der Waals surface area contributed by atoms with E-state index in [1.807, 2.05) is 25.1 Å². The number of hydrogen-bond acceptors (Lipinski definition) is 2. The molecule has 1 aromatic rings. The summed E-state index contributed by atoms with van der Waals surface area (Å²) in [5.74, 6) is -1.07. The number of halogens is 1. The maximum atomic E-state index is 11.8. The van der Waals surface area contributed by atoms with Gasteiger partial charge in [-0.15, -0.1) is 0 Å². The minimum absolute atomic E-state index is 0.152. The first-order chi connectivity index (χ1) is 7.90. The van der Waals surface area contributed by atoms with Crippen molar-refractivity contribution in [2.75, 3.05) is 5.75 Å². The Balaban J connectivity index is 2.65. The van der Waals surface area contributed by atoms with Crippen LogP contribution in [0, 0.1) is 12.8 Å². The van der Waals surface area contributed by atoms with Crippen molar-refractivity contribution in [2.24, 2.45) is 5.92 Å². The van der Waals surface area contributed by atoms with Gasteiger partial charge in [0, 0.05) is 21.6 Å². The van der Waals surface area contributed by atoms with Gasteiger partial charge in [-0.1, -0.05) is 30.7 Å². The van der Waals surface area contributed by atoms with Gasteiger partial charge in [0.25, 0.3) is 0 Å². The van der Waals surface area contributed by atoms with Gasteiger partial charge in [0.05, 0.1) is 11.7 Å². The zero-order chi connectivity index (χ0) is 13.0. The first kappa shape index (κ1) is 14.2. The molecule has 0 fully saturated rings. The molecule has 0 bridgehead atoms. The fourth-order valence-electron chi connectivity index (χ4n) is 1.35. The van der Waals surface area contributed by atoms with Gasteiger partial charge < -0.3 is 5.11 Å². The monoisotopic (exact) mass is 274 g/mol. The summed E-state index contributed by atoms with van der Waals surface area (Å²) >= 11 is 6.02. The lowest BCUT2D eigenvalue weighted by atomic mass is 10.2. The van der Waals surface area contributed by atoms with E-state index < -0.39 is 22.7 Å². The van der Waals surface area contributed by atoms with Crippen LogP contribution in [0.4, 0.5) is 0 Å². The molecule has 0 radical (unpaired) electrons. The minimum Gasteiger partial charge on any atom is -0.481 e. The third kappa shape index (κ3) is 4.48. The van der Waals surface area contributed by atoms with Crippen LogP contribution in [0.2, 0.25) is 5.02 Å². The molecule has 2 unspecified atom stereocenters. The van der Waals surface area contributed by atoms with Crippen LogP contribution >= 0.6 is 11.6 Å². The summed E-state index contributed by atoms with van der Waals surface area (Å²) in [7, 11) is -1.20. The van der Waals surface area contributed by atoms with Crippen LogP contribution in [-0.2, 0) is 21.3 Å². The lowest BCUT2D eigenvalue weighted by Gasteiger charge is -2.08. The van der Waals surface area contributed by atoms with Crippen molar-refractivity contribution in [2.45, 2.75) is 19.6 Å². The molecule has 17 heavy (non-hydrogen) atoms. The molecule has 0 saturated carbocycles. The Hall–Kier alpha value is -0.870. The summed E-state index contributed by atoms with van der Waals surface area (Å²) < 4.78 is 11.8. The van der Waals surface area contributed by atoms with Crippen LogP contribution in [0.1, 0.15) is 18.1 Å². The highest BCUT2D eigenvalue weighted by Gasteiger charge is 2.15. The summed E-state index contributed by atoms with van der Waals surface area (Å²) in [5.41, 5.74) is 1.84. The first-order valence-corrected chi connectivity index (χ1v) is 7.09. The second kappa shape index (κ2) is 6.17. The second-order valence-corrected chi connectivity index (χ2v) is 5.99. The maximum Gasteiger partial charge on any atom is 0.307 e. The summed E-state index contributed by atoms with van der Waals surface area (Å²) in [6, 6.07) is 5.55. The van der Waals surface area contributed by atoms with Crippen molar-refractivity contribution in [3.8, 4) is 0 Å². The predicted molar refractivity (Wildman–Crippen MR) is 69.7 cm³/mol. The van der Waals surface area contributed by atoms with E-state index in [0.717, 1.165) is 11.1 Å².